The number of allylic oxidation sites excluding steroid dienone is 9. The first-order valence-electron chi connectivity index (χ1n) is 13.7. The van der Waals surface area contributed by atoms with E-state index in [0.29, 0.717) is 0 Å². The summed E-state index contributed by atoms with van der Waals surface area (Å²) in [5.41, 5.74) is 10.1. The molecule has 0 fully saturated rings. The zero-order chi connectivity index (χ0) is 27.0. The van der Waals surface area contributed by atoms with E-state index < -0.39 is 0 Å². The van der Waals surface area contributed by atoms with Gasteiger partial charge in [0.15, 0.2) is 5.71 Å². The standard InChI is InChI=1S/C36H33ClNS/c1-36(2)30-17-8-9-18-31(30)38(3)34(36)23-22-27-15-11-14-26(35(27)37)20-21-28-24-33(25-12-5-4-6-13-25)39-32-19-10-7-16-29(28)32/h4-10,12-13,16-24H,11,14-15H2,1-3H3/q+1/b23-22+,26-20+,28-21+. The van der Waals surface area contributed by atoms with Gasteiger partial charge in [-0.25, -0.2) is 0 Å². The highest BCUT2D eigenvalue weighted by Crippen LogP contribution is 2.45. The van der Waals surface area contributed by atoms with Gasteiger partial charge < -0.3 is 0 Å². The molecule has 3 aromatic rings. The van der Waals surface area contributed by atoms with Gasteiger partial charge in [0.25, 0.3) is 0 Å². The lowest BCUT2D eigenvalue weighted by Crippen LogP contribution is -2.26. The highest BCUT2D eigenvalue weighted by Gasteiger charge is 2.42. The predicted molar refractivity (Wildman–Crippen MR) is 169 cm³/mol. The van der Waals surface area contributed by atoms with E-state index in [2.05, 4.69) is 135 Å². The van der Waals surface area contributed by atoms with Crippen molar-refractivity contribution in [1.29, 1.82) is 0 Å². The highest BCUT2D eigenvalue weighted by molar-refractivity contribution is 8.08. The van der Waals surface area contributed by atoms with Crippen LogP contribution in [0, 0.1) is 0 Å². The molecule has 3 heteroatoms. The number of nitrogens with zero attached hydrogens (tertiary/aromatic N) is 1. The van der Waals surface area contributed by atoms with Crippen molar-refractivity contribution in [2.24, 2.45) is 0 Å². The fourth-order valence-corrected chi connectivity index (χ4v) is 7.36. The van der Waals surface area contributed by atoms with Crippen LogP contribution in [0.2, 0.25) is 0 Å². The lowest BCUT2D eigenvalue weighted by Gasteiger charge is -2.20. The Labute approximate surface area is 241 Å². The zero-order valence-corrected chi connectivity index (χ0v) is 24.3. The molecule has 0 spiro atoms. The van der Waals surface area contributed by atoms with E-state index in [1.54, 1.807) is 0 Å². The van der Waals surface area contributed by atoms with Gasteiger partial charge in [0.2, 0.25) is 5.69 Å². The van der Waals surface area contributed by atoms with E-state index in [1.807, 2.05) is 11.8 Å². The SMILES string of the molecule is C[N+]1=C(/C=C/C2=C(Cl)C(=C/C=C3\C=C(c4ccccc4)Sc4ccccc43)/CCC2)C(C)(C)c2ccccc21. The molecule has 0 N–H and O–H groups in total. The van der Waals surface area contributed by atoms with Crippen molar-refractivity contribution in [1.82, 2.24) is 0 Å². The number of hydrogen-bond acceptors (Lipinski definition) is 1. The number of benzene rings is 3. The maximum absolute atomic E-state index is 7.06. The Balaban J connectivity index is 1.33. The van der Waals surface area contributed by atoms with Crippen molar-refractivity contribution in [3.63, 3.8) is 0 Å². The van der Waals surface area contributed by atoms with Crippen LogP contribution < -0.4 is 0 Å². The van der Waals surface area contributed by atoms with E-state index in [9.17, 15) is 0 Å². The summed E-state index contributed by atoms with van der Waals surface area (Å²) in [6.07, 6.45) is 14.5. The Morgan fingerprint density at radius 2 is 1.59 bits per heavy atom. The molecule has 1 nitrogen and oxygen atoms in total. The Morgan fingerprint density at radius 1 is 0.846 bits per heavy atom. The summed E-state index contributed by atoms with van der Waals surface area (Å²) in [6, 6.07) is 28.0. The van der Waals surface area contributed by atoms with Crippen LogP contribution >= 0.6 is 23.4 Å². The molecule has 1 aliphatic carbocycles. The quantitative estimate of drug-likeness (QED) is 0.294. The van der Waals surface area contributed by atoms with E-state index in [0.717, 1.165) is 24.3 Å². The molecule has 194 valence electrons. The lowest BCUT2D eigenvalue weighted by atomic mass is 9.81. The van der Waals surface area contributed by atoms with Crippen LogP contribution in [0.5, 0.6) is 0 Å². The topological polar surface area (TPSA) is 3.01 Å². The average Bonchev–Trinajstić information content (AvgIpc) is 3.16. The van der Waals surface area contributed by atoms with Gasteiger partial charge in [-0.15, -0.1) is 0 Å². The van der Waals surface area contributed by atoms with Gasteiger partial charge in [-0.05, 0) is 73.1 Å². The minimum absolute atomic E-state index is 0.0399. The normalized spacial score (nSPS) is 20.6. The van der Waals surface area contributed by atoms with Gasteiger partial charge in [0, 0.05) is 32.5 Å². The first-order valence-corrected chi connectivity index (χ1v) is 14.9. The van der Waals surface area contributed by atoms with Crippen molar-refractivity contribution >= 4 is 45.2 Å². The third-order valence-electron chi connectivity index (χ3n) is 8.07. The molecule has 0 aromatic heterocycles. The van der Waals surface area contributed by atoms with E-state index in [4.69, 9.17) is 11.6 Å². The number of para-hydroxylation sites is 1. The van der Waals surface area contributed by atoms with Crippen molar-refractivity contribution in [2.75, 3.05) is 7.05 Å². The average molecular weight is 547 g/mol. The summed E-state index contributed by atoms with van der Waals surface area (Å²) in [6.45, 7) is 4.61. The Kier molecular flexibility index (Phi) is 7.10. The van der Waals surface area contributed by atoms with Crippen molar-refractivity contribution in [3.05, 3.63) is 142 Å². The third-order valence-corrected chi connectivity index (χ3v) is 9.70. The van der Waals surface area contributed by atoms with Crippen LogP contribution in [0.15, 0.2) is 130 Å². The first kappa shape index (κ1) is 25.9. The second-order valence-corrected chi connectivity index (χ2v) is 12.4. The molecule has 39 heavy (non-hydrogen) atoms. The first-order chi connectivity index (χ1) is 18.9. The van der Waals surface area contributed by atoms with E-state index in [-0.39, 0.29) is 5.41 Å². The molecule has 3 aliphatic rings. The second-order valence-electron chi connectivity index (χ2n) is 10.9. The molecule has 6 rings (SSSR count). The molecule has 2 aliphatic heterocycles. The van der Waals surface area contributed by atoms with Gasteiger partial charge in [0.05, 0.1) is 5.41 Å². The number of halogens is 1. The second kappa shape index (κ2) is 10.7. The maximum Gasteiger partial charge on any atom is 0.209 e. The minimum atomic E-state index is -0.0399. The van der Waals surface area contributed by atoms with Crippen LogP contribution in [0.1, 0.15) is 49.8 Å². The van der Waals surface area contributed by atoms with Gasteiger partial charge in [-0.3, -0.25) is 0 Å². The van der Waals surface area contributed by atoms with Gasteiger partial charge in [0.1, 0.15) is 7.05 Å². The fourth-order valence-electron chi connectivity index (χ4n) is 5.92. The molecule has 3 aromatic carbocycles. The number of thioether (sulfide) groups is 1. The van der Waals surface area contributed by atoms with Gasteiger partial charge in [-0.2, -0.15) is 4.58 Å². The summed E-state index contributed by atoms with van der Waals surface area (Å²) in [5.74, 6) is 0. The van der Waals surface area contributed by atoms with Crippen LogP contribution in [0.25, 0.3) is 10.5 Å². The monoisotopic (exact) mass is 546 g/mol. The van der Waals surface area contributed by atoms with Crippen molar-refractivity contribution < 1.29 is 4.58 Å². The molecular formula is C36H33ClNS+. The van der Waals surface area contributed by atoms with Crippen LogP contribution in [-0.2, 0) is 5.41 Å². The summed E-state index contributed by atoms with van der Waals surface area (Å²) in [7, 11) is 2.17. The predicted octanol–water partition coefficient (Wildman–Crippen LogP) is 10.1. The molecule has 0 saturated heterocycles. The molecule has 0 radical (unpaired) electrons. The van der Waals surface area contributed by atoms with Crippen LogP contribution in [0.4, 0.5) is 5.69 Å². The Hall–Kier alpha value is -3.33. The van der Waals surface area contributed by atoms with Gasteiger partial charge in [-0.1, -0.05) is 108 Å². The minimum Gasteiger partial charge on any atom is -0.198 e. The molecule has 0 atom stereocenters. The largest absolute Gasteiger partial charge is 0.209 e. The molecule has 2 heterocycles. The fraction of sp³-hybridized carbons (Fsp3) is 0.194. The summed E-state index contributed by atoms with van der Waals surface area (Å²) < 4.78 is 2.32. The number of fused-ring (bicyclic) bond motifs is 2. The summed E-state index contributed by atoms with van der Waals surface area (Å²) in [4.78, 5) is 2.56. The smallest absolute Gasteiger partial charge is 0.198 e. The van der Waals surface area contributed by atoms with E-state index in [1.165, 1.54) is 54.6 Å². The molecule has 0 bridgehead atoms. The third kappa shape index (κ3) is 4.93. The Bertz CT molecular complexity index is 1630. The van der Waals surface area contributed by atoms with Crippen molar-refractivity contribution in [3.8, 4) is 0 Å². The van der Waals surface area contributed by atoms with Crippen LogP contribution in [-0.4, -0.2) is 17.3 Å². The Morgan fingerprint density at radius 3 is 2.41 bits per heavy atom. The number of rotatable bonds is 4. The molecule has 0 unspecified atom stereocenters. The zero-order valence-electron chi connectivity index (χ0n) is 22.7. The van der Waals surface area contributed by atoms with Crippen LogP contribution in [0.3, 0.4) is 0 Å². The molecule has 0 amide bonds. The molecule has 0 saturated carbocycles. The van der Waals surface area contributed by atoms with E-state index >= 15 is 0 Å². The van der Waals surface area contributed by atoms with Gasteiger partial charge >= 0.3 is 0 Å². The number of hydrogen-bond donors (Lipinski definition) is 0. The lowest BCUT2D eigenvalue weighted by molar-refractivity contribution is -0.401. The molecular weight excluding hydrogens is 514 g/mol. The summed E-state index contributed by atoms with van der Waals surface area (Å²) in [5, 5.41) is 0.900. The van der Waals surface area contributed by atoms with Crippen molar-refractivity contribution in [2.45, 2.75) is 43.4 Å². The maximum atomic E-state index is 7.06. The summed E-state index contributed by atoms with van der Waals surface area (Å²) >= 11 is 8.90. The highest BCUT2D eigenvalue weighted by atomic mass is 35.5.